The number of aromatic nitrogens is 4. The van der Waals surface area contributed by atoms with Gasteiger partial charge in [0, 0.05) is 23.1 Å². The van der Waals surface area contributed by atoms with E-state index in [9.17, 15) is 18.0 Å². The number of nitrogens with zero attached hydrogens (tertiary/aromatic N) is 4. The highest BCUT2D eigenvalue weighted by Gasteiger charge is 2.43. The molecule has 2 heterocycles. The quantitative estimate of drug-likeness (QED) is 0.925. The van der Waals surface area contributed by atoms with Crippen molar-refractivity contribution in [3.63, 3.8) is 0 Å². The average molecular weight is 345 g/mol. The van der Waals surface area contributed by atoms with Crippen LogP contribution in [0.2, 0.25) is 0 Å². The number of rotatable bonds is 4. The molecule has 1 amide bonds. The summed E-state index contributed by atoms with van der Waals surface area (Å²) < 4.78 is 43.2. The summed E-state index contributed by atoms with van der Waals surface area (Å²) in [4.78, 5) is 16.2. The van der Waals surface area contributed by atoms with Crippen LogP contribution in [0, 0.1) is 6.92 Å². The second kappa shape index (κ2) is 5.29. The van der Waals surface area contributed by atoms with Gasteiger partial charge in [0.2, 0.25) is 11.0 Å². The molecule has 0 aliphatic heterocycles. The molecule has 0 radical (unpaired) electrons. The van der Waals surface area contributed by atoms with Gasteiger partial charge in [0.25, 0.3) is 0 Å². The molecule has 2 aromatic heterocycles. The Balaban J connectivity index is 1.64. The highest BCUT2D eigenvalue weighted by molar-refractivity contribution is 7.09. The summed E-state index contributed by atoms with van der Waals surface area (Å²) in [5.74, 6) is 0.206. The van der Waals surface area contributed by atoms with Crippen LogP contribution in [0.4, 0.5) is 18.3 Å². The van der Waals surface area contributed by atoms with E-state index in [1.807, 2.05) is 6.92 Å². The van der Waals surface area contributed by atoms with E-state index in [2.05, 4.69) is 19.8 Å². The van der Waals surface area contributed by atoms with Gasteiger partial charge in [0.1, 0.15) is 6.54 Å². The molecule has 1 aliphatic rings. The summed E-state index contributed by atoms with van der Waals surface area (Å²) >= 11 is 1.07. The van der Waals surface area contributed by atoms with Crippen LogP contribution in [0.25, 0.3) is 0 Å². The zero-order valence-electron chi connectivity index (χ0n) is 12.4. The lowest BCUT2D eigenvalue weighted by molar-refractivity contribution is -0.142. The van der Waals surface area contributed by atoms with E-state index in [-0.39, 0.29) is 17.5 Å². The maximum atomic E-state index is 12.7. The van der Waals surface area contributed by atoms with Gasteiger partial charge in [-0.3, -0.25) is 14.8 Å². The van der Waals surface area contributed by atoms with Gasteiger partial charge in [-0.15, -0.1) is 0 Å². The molecule has 6 nitrogen and oxygen atoms in total. The molecule has 0 bridgehead atoms. The molecule has 0 saturated heterocycles. The van der Waals surface area contributed by atoms with Gasteiger partial charge >= 0.3 is 6.18 Å². The molecule has 3 rings (SSSR count). The number of alkyl halides is 3. The minimum Gasteiger partial charge on any atom is -0.299 e. The number of carbonyl (C=O) groups is 1. The lowest BCUT2D eigenvalue weighted by atomic mass is 10.1. The fourth-order valence-electron chi connectivity index (χ4n) is 2.12. The fraction of sp³-hybridized carbons (Fsp3) is 0.538. The minimum absolute atomic E-state index is 0.000182. The number of halogens is 3. The summed E-state index contributed by atoms with van der Waals surface area (Å²) in [6.07, 6.45) is -1.30. The third-order valence-corrected chi connectivity index (χ3v) is 4.36. The molecule has 1 N–H and O–H groups in total. The van der Waals surface area contributed by atoms with Crippen molar-refractivity contribution in [2.24, 2.45) is 0 Å². The monoisotopic (exact) mass is 345 g/mol. The number of nitrogens with one attached hydrogen (secondary N) is 1. The summed E-state index contributed by atoms with van der Waals surface area (Å²) in [5.41, 5.74) is -1.00. The van der Waals surface area contributed by atoms with Crippen LogP contribution >= 0.6 is 11.5 Å². The Morgan fingerprint density at radius 3 is 2.74 bits per heavy atom. The largest absolute Gasteiger partial charge is 0.435 e. The van der Waals surface area contributed by atoms with Crippen molar-refractivity contribution in [2.75, 3.05) is 5.32 Å². The Labute approximate surface area is 133 Å². The van der Waals surface area contributed by atoms with Gasteiger partial charge in [-0.1, -0.05) is 6.92 Å². The van der Waals surface area contributed by atoms with Crippen LogP contribution in [0.1, 0.15) is 36.8 Å². The Morgan fingerprint density at radius 1 is 1.48 bits per heavy atom. The van der Waals surface area contributed by atoms with E-state index in [0.717, 1.165) is 29.1 Å². The van der Waals surface area contributed by atoms with Crippen molar-refractivity contribution in [3.05, 3.63) is 23.3 Å². The first-order chi connectivity index (χ1) is 10.7. The number of carbonyl (C=O) groups excluding carboxylic acids is 1. The summed E-state index contributed by atoms with van der Waals surface area (Å²) in [7, 11) is 0. The average Bonchev–Trinajstić information content (AvgIpc) is 2.84. The topological polar surface area (TPSA) is 72.7 Å². The molecule has 1 saturated carbocycles. The van der Waals surface area contributed by atoms with Crippen LogP contribution in [0.3, 0.4) is 0 Å². The third kappa shape index (κ3) is 3.36. The van der Waals surface area contributed by atoms with Gasteiger partial charge in [-0.05, 0) is 25.3 Å². The maximum absolute atomic E-state index is 12.7. The zero-order chi connectivity index (χ0) is 16.8. The van der Waals surface area contributed by atoms with Gasteiger partial charge in [-0.2, -0.15) is 22.6 Å². The summed E-state index contributed by atoms with van der Waals surface area (Å²) in [6.45, 7) is 3.03. The molecule has 10 heteroatoms. The molecule has 1 fully saturated rings. The first-order valence-corrected chi connectivity index (χ1v) is 7.70. The van der Waals surface area contributed by atoms with Crippen LogP contribution in [-0.2, 0) is 22.9 Å². The fourth-order valence-corrected chi connectivity index (χ4v) is 2.84. The third-order valence-electron chi connectivity index (χ3n) is 3.73. The second-order valence-electron chi connectivity index (χ2n) is 5.89. The Morgan fingerprint density at radius 2 is 2.17 bits per heavy atom. The van der Waals surface area contributed by atoms with Crippen LogP contribution in [-0.4, -0.2) is 25.0 Å². The Kier molecular flexibility index (Phi) is 3.66. The van der Waals surface area contributed by atoms with Crippen molar-refractivity contribution >= 4 is 22.6 Å². The van der Waals surface area contributed by atoms with Crippen molar-refractivity contribution < 1.29 is 18.0 Å². The zero-order valence-corrected chi connectivity index (χ0v) is 13.3. The standard InChI is InChI=1S/C13H14F3N5OS/c1-7-5-21(19-9(7)13(14,15)16)6-8(22)17-11-18-10(20-23-11)12(2)3-4-12/h5H,3-4,6H2,1-2H3,(H,17,18,20,22). The first kappa shape index (κ1) is 15.9. The van der Waals surface area contributed by atoms with E-state index < -0.39 is 17.8 Å². The predicted molar refractivity (Wildman–Crippen MR) is 77.1 cm³/mol. The first-order valence-electron chi connectivity index (χ1n) is 6.93. The molecule has 124 valence electrons. The number of hydrogen-bond acceptors (Lipinski definition) is 5. The Hall–Kier alpha value is -1.97. The van der Waals surface area contributed by atoms with Gasteiger partial charge in [0.05, 0.1) is 0 Å². The summed E-state index contributed by atoms with van der Waals surface area (Å²) in [6, 6.07) is 0. The van der Waals surface area contributed by atoms with Crippen molar-refractivity contribution in [2.45, 2.75) is 44.8 Å². The molecular weight excluding hydrogens is 331 g/mol. The van der Waals surface area contributed by atoms with Crippen LogP contribution in [0.5, 0.6) is 0 Å². The van der Waals surface area contributed by atoms with E-state index in [1.54, 1.807) is 0 Å². The molecule has 2 aromatic rings. The van der Waals surface area contributed by atoms with Gasteiger partial charge in [0.15, 0.2) is 11.5 Å². The van der Waals surface area contributed by atoms with E-state index in [0.29, 0.717) is 11.0 Å². The van der Waals surface area contributed by atoms with Gasteiger partial charge in [-0.25, -0.2) is 4.98 Å². The number of aryl methyl sites for hydroxylation is 1. The Bertz CT molecular complexity index is 747. The lowest BCUT2D eigenvalue weighted by Crippen LogP contribution is -2.19. The van der Waals surface area contributed by atoms with Crippen molar-refractivity contribution in [1.29, 1.82) is 0 Å². The highest BCUT2D eigenvalue weighted by atomic mass is 32.1. The molecular formula is C13H14F3N5OS. The molecule has 0 spiro atoms. The van der Waals surface area contributed by atoms with Gasteiger partial charge < -0.3 is 0 Å². The second-order valence-corrected chi connectivity index (χ2v) is 6.64. The summed E-state index contributed by atoms with van der Waals surface area (Å²) in [5, 5.41) is 6.30. The molecule has 0 aromatic carbocycles. The SMILES string of the molecule is Cc1cn(CC(=O)Nc2nc(C3(C)CC3)ns2)nc1C(F)(F)F. The molecule has 23 heavy (non-hydrogen) atoms. The smallest absolute Gasteiger partial charge is 0.299 e. The van der Waals surface area contributed by atoms with Crippen molar-refractivity contribution in [3.8, 4) is 0 Å². The van der Waals surface area contributed by atoms with Crippen LogP contribution < -0.4 is 5.32 Å². The van der Waals surface area contributed by atoms with E-state index >= 15 is 0 Å². The number of hydrogen-bond donors (Lipinski definition) is 1. The predicted octanol–water partition coefficient (Wildman–Crippen LogP) is 2.75. The number of anilines is 1. The minimum atomic E-state index is -4.53. The molecule has 1 aliphatic carbocycles. The lowest BCUT2D eigenvalue weighted by Gasteiger charge is -2.03. The molecule has 0 unspecified atom stereocenters. The normalized spacial score (nSPS) is 16.4. The number of amides is 1. The highest BCUT2D eigenvalue weighted by Crippen LogP contribution is 2.46. The maximum Gasteiger partial charge on any atom is 0.435 e. The van der Waals surface area contributed by atoms with Crippen LogP contribution in [0.15, 0.2) is 6.20 Å². The molecule has 0 atom stereocenters. The van der Waals surface area contributed by atoms with E-state index in [4.69, 9.17) is 0 Å². The van der Waals surface area contributed by atoms with Crippen molar-refractivity contribution in [1.82, 2.24) is 19.1 Å². The van der Waals surface area contributed by atoms with E-state index in [1.165, 1.54) is 13.1 Å².